The van der Waals surface area contributed by atoms with Crippen LogP contribution in [0.15, 0.2) is 24.5 Å². The van der Waals surface area contributed by atoms with Crippen LogP contribution in [-0.2, 0) is 6.42 Å². The van der Waals surface area contributed by atoms with E-state index in [0.29, 0.717) is 6.04 Å². The highest BCUT2D eigenvalue weighted by Crippen LogP contribution is 2.03. The highest BCUT2D eigenvalue weighted by Gasteiger charge is 2.01. The molecule has 2 nitrogen and oxygen atoms in total. The van der Waals surface area contributed by atoms with Gasteiger partial charge < -0.3 is 5.73 Å². The van der Waals surface area contributed by atoms with Crippen molar-refractivity contribution in [3.63, 3.8) is 0 Å². The van der Waals surface area contributed by atoms with Gasteiger partial charge in [-0.2, -0.15) is 0 Å². The van der Waals surface area contributed by atoms with E-state index in [9.17, 15) is 0 Å². The Morgan fingerprint density at radius 1 is 1.58 bits per heavy atom. The van der Waals surface area contributed by atoms with Gasteiger partial charge in [0.15, 0.2) is 0 Å². The summed E-state index contributed by atoms with van der Waals surface area (Å²) in [5, 5.41) is 0. The molecule has 2 heteroatoms. The summed E-state index contributed by atoms with van der Waals surface area (Å²) in [6, 6.07) is 4.32. The summed E-state index contributed by atoms with van der Waals surface area (Å²) in [7, 11) is 0. The zero-order valence-electron chi connectivity index (χ0n) is 7.53. The molecule has 1 unspecified atom stereocenters. The van der Waals surface area contributed by atoms with E-state index < -0.39 is 0 Å². The van der Waals surface area contributed by atoms with E-state index in [2.05, 4.69) is 18.0 Å². The first-order valence-electron chi connectivity index (χ1n) is 4.47. The highest BCUT2D eigenvalue weighted by molar-refractivity contribution is 5.09. The fourth-order valence-corrected chi connectivity index (χ4v) is 1.29. The van der Waals surface area contributed by atoms with Crippen molar-refractivity contribution in [2.24, 2.45) is 5.73 Å². The van der Waals surface area contributed by atoms with Crippen LogP contribution >= 0.6 is 0 Å². The van der Waals surface area contributed by atoms with Crippen molar-refractivity contribution in [3.8, 4) is 0 Å². The molecule has 0 bridgehead atoms. The normalized spacial score (nSPS) is 12.8. The largest absolute Gasteiger partial charge is 0.327 e. The predicted octanol–water partition coefficient (Wildman–Crippen LogP) is 1.75. The zero-order valence-corrected chi connectivity index (χ0v) is 7.53. The summed E-state index contributed by atoms with van der Waals surface area (Å²) in [5.74, 6) is 0. The average molecular weight is 164 g/mol. The third-order valence-corrected chi connectivity index (χ3v) is 1.88. The minimum absolute atomic E-state index is 0.291. The summed E-state index contributed by atoms with van der Waals surface area (Å²) in [4.78, 5) is 4.04. The van der Waals surface area contributed by atoms with Crippen molar-refractivity contribution in [1.82, 2.24) is 4.98 Å². The van der Waals surface area contributed by atoms with Crippen LogP contribution < -0.4 is 5.73 Å². The number of rotatable bonds is 4. The Balaban J connectivity index is 2.41. The summed E-state index contributed by atoms with van der Waals surface area (Å²) in [6.45, 7) is 2.16. The lowest BCUT2D eigenvalue weighted by Gasteiger charge is -2.08. The van der Waals surface area contributed by atoms with Gasteiger partial charge in [0.05, 0.1) is 0 Å². The van der Waals surface area contributed by atoms with Crippen molar-refractivity contribution in [3.05, 3.63) is 30.1 Å². The fourth-order valence-electron chi connectivity index (χ4n) is 1.29. The third-order valence-electron chi connectivity index (χ3n) is 1.88. The number of hydrogen-bond acceptors (Lipinski definition) is 2. The van der Waals surface area contributed by atoms with Crippen molar-refractivity contribution < 1.29 is 0 Å². The van der Waals surface area contributed by atoms with Gasteiger partial charge in [0, 0.05) is 18.4 Å². The van der Waals surface area contributed by atoms with E-state index in [0.717, 1.165) is 19.3 Å². The molecule has 0 spiro atoms. The van der Waals surface area contributed by atoms with Crippen LogP contribution in [0.25, 0.3) is 0 Å². The summed E-state index contributed by atoms with van der Waals surface area (Å²) in [6.07, 6.45) is 6.86. The molecule has 0 aromatic carbocycles. The van der Waals surface area contributed by atoms with Crippen LogP contribution in [-0.4, -0.2) is 11.0 Å². The molecule has 1 heterocycles. The van der Waals surface area contributed by atoms with E-state index >= 15 is 0 Å². The van der Waals surface area contributed by atoms with E-state index in [1.807, 2.05) is 12.3 Å². The number of hydrogen-bond donors (Lipinski definition) is 1. The van der Waals surface area contributed by atoms with Crippen molar-refractivity contribution in [2.75, 3.05) is 0 Å². The lowest BCUT2D eigenvalue weighted by molar-refractivity contribution is 0.599. The molecule has 0 aliphatic carbocycles. The molecular formula is C10H16N2. The second-order valence-corrected chi connectivity index (χ2v) is 3.11. The van der Waals surface area contributed by atoms with Gasteiger partial charge in [0.2, 0.25) is 0 Å². The molecule has 66 valence electrons. The maximum atomic E-state index is 5.89. The molecule has 0 amide bonds. The Morgan fingerprint density at radius 2 is 2.42 bits per heavy atom. The average Bonchev–Trinajstić information content (AvgIpc) is 2.06. The summed E-state index contributed by atoms with van der Waals surface area (Å²) in [5.41, 5.74) is 7.12. The molecule has 1 aromatic heterocycles. The van der Waals surface area contributed by atoms with Crippen LogP contribution in [0.4, 0.5) is 0 Å². The van der Waals surface area contributed by atoms with E-state index in [-0.39, 0.29) is 0 Å². The molecule has 2 N–H and O–H groups in total. The van der Waals surface area contributed by atoms with Crippen LogP contribution in [0.3, 0.4) is 0 Å². The van der Waals surface area contributed by atoms with Gasteiger partial charge in [-0.25, -0.2) is 0 Å². The first-order chi connectivity index (χ1) is 5.83. The molecule has 0 aliphatic heterocycles. The van der Waals surface area contributed by atoms with Gasteiger partial charge in [-0.15, -0.1) is 0 Å². The van der Waals surface area contributed by atoms with Gasteiger partial charge in [0.25, 0.3) is 0 Å². The smallest absolute Gasteiger partial charge is 0.0300 e. The molecule has 1 atom stereocenters. The van der Waals surface area contributed by atoms with Crippen LogP contribution in [0.1, 0.15) is 25.3 Å². The molecule has 1 rings (SSSR count). The number of pyridine rings is 1. The van der Waals surface area contributed by atoms with Gasteiger partial charge in [-0.1, -0.05) is 19.4 Å². The van der Waals surface area contributed by atoms with Crippen LogP contribution in [0.5, 0.6) is 0 Å². The minimum Gasteiger partial charge on any atom is -0.327 e. The highest BCUT2D eigenvalue weighted by atomic mass is 14.6. The SMILES string of the molecule is CCCC(N)Cc1cccnc1. The van der Waals surface area contributed by atoms with Gasteiger partial charge in [-0.05, 0) is 24.5 Å². The number of aromatic nitrogens is 1. The molecule has 0 aliphatic rings. The second kappa shape index (κ2) is 4.88. The Hall–Kier alpha value is -0.890. The maximum Gasteiger partial charge on any atom is 0.0300 e. The molecular weight excluding hydrogens is 148 g/mol. The van der Waals surface area contributed by atoms with Gasteiger partial charge in [0.1, 0.15) is 0 Å². The molecule has 1 aromatic rings. The lowest BCUT2D eigenvalue weighted by Crippen LogP contribution is -2.22. The van der Waals surface area contributed by atoms with Gasteiger partial charge in [-0.3, -0.25) is 4.98 Å². The van der Waals surface area contributed by atoms with Crippen LogP contribution in [0.2, 0.25) is 0 Å². The third kappa shape index (κ3) is 3.01. The Morgan fingerprint density at radius 3 is 3.00 bits per heavy atom. The number of nitrogens with two attached hydrogens (primary N) is 1. The summed E-state index contributed by atoms with van der Waals surface area (Å²) < 4.78 is 0. The maximum absolute atomic E-state index is 5.89. The van der Waals surface area contributed by atoms with Crippen molar-refractivity contribution >= 4 is 0 Å². The molecule has 0 fully saturated rings. The molecule has 0 radical (unpaired) electrons. The molecule has 0 saturated carbocycles. The summed E-state index contributed by atoms with van der Waals surface area (Å²) >= 11 is 0. The quantitative estimate of drug-likeness (QED) is 0.736. The molecule has 12 heavy (non-hydrogen) atoms. The number of nitrogens with zero attached hydrogens (tertiary/aromatic N) is 1. The lowest BCUT2D eigenvalue weighted by atomic mass is 10.0. The monoisotopic (exact) mass is 164 g/mol. The van der Waals surface area contributed by atoms with E-state index in [1.54, 1.807) is 6.20 Å². The topological polar surface area (TPSA) is 38.9 Å². The second-order valence-electron chi connectivity index (χ2n) is 3.11. The first-order valence-corrected chi connectivity index (χ1v) is 4.47. The Labute approximate surface area is 73.8 Å². The van der Waals surface area contributed by atoms with Crippen molar-refractivity contribution in [2.45, 2.75) is 32.2 Å². The Kier molecular flexibility index (Phi) is 3.74. The molecule has 0 saturated heterocycles. The fraction of sp³-hybridized carbons (Fsp3) is 0.500. The zero-order chi connectivity index (χ0) is 8.81. The van der Waals surface area contributed by atoms with E-state index in [4.69, 9.17) is 5.73 Å². The predicted molar refractivity (Wildman–Crippen MR) is 50.8 cm³/mol. The van der Waals surface area contributed by atoms with Crippen LogP contribution in [0, 0.1) is 0 Å². The first kappa shape index (κ1) is 9.20. The Bertz CT molecular complexity index is 208. The van der Waals surface area contributed by atoms with E-state index in [1.165, 1.54) is 5.56 Å². The van der Waals surface area contributed by atoms with Crippen molar-refractivity contribution in [1.29, 1.82) is 0 Å². The minimum atomic E-state index is 0.291. The standard InChI is InChI=1S/C10H16N2/c1-2-4-10(11)7-9-5-3-6-12-8-9/h3,5-6,8,10H,2,4,7,11H2,1H3. The van der Waals surface area contributed by atoms with Gasteiger partial charge >= 0.3 is 0 Å².